The van der Waals surface area contributed by atoms with Crippen molar-refractivity contribution in [2.24, 2.45) is 0 Å². The van der Waals surface area contributed by atoms with Gasteiger partial charge in [-0.1, -0.05) is 77.8 Å². The van der Waals surface area contributed by atoms with Gasteiger partial charge in [-0.2, -0.15) is 0 Å². The molecule has 1 N–H and O–H groups in total. The van der Waals surface area contributed by atoms with Crippen molar-refractivity contribution in [2.75, 3.05) is 25.5 Å². The molecule has 0 aliphatic carbocycles. The zero-order valence-electron chi connectivity index (χ0n) is 12.7. The molecule has 1 aliphatic heterocycles. The first kappa shape index (κ1) is 16.1. The van der Waals surface area contributed by atoms with E-state index in [2.05, 4.69) is 66.0 Å². The molecule has 22 heavy (non-hydrogen) atoms. The third-order valence-corrected chi connectivity index (χ3v) is 6.60. The van der Waals surface area contributed by atoms with Crippen LogP contribution >= 0.6 is 17.2 Å². The Balaban J connectivity index is 1.52. The summed E-state index contributed by atoms with van der Waals surface area (Å²) in [6.45, 7) is 1.82. The van der Waals surface area contributed by atoms with E-state index in [1.165, 1.54) is 16.8 Å². The fourth-order valence-electron chi connectivity index (χ4n) is 2.67. The molecule has 1 aliphatic rings. The molecule has 1 fully saturated rings. The zero-order valence-corrected chi connectivity index (χ0v) is 14.7. The van der Waals surface area contributed by atoms with Crippen LogP contribution in [0.25, 0.3) is 0 Å². The molecule has 4 atom stereocenters. The first-order valence-electron chi connectivity index (χ1n) is 7.84. The van der Waals surface area contributed by atoms with Gasteiger partial charge in [-0.05, 0) is 22.9 Å². The maximum absolute atomic E-state index is 6.05. The quantitative estimate of drug-likeness (QED) is 0.821. The summed E-state index contributed by atoms with van der Waals surface area (Å²) in [6.07, 6.45) is 2.65. The van der Waals surface area contributed by atoms with Gasteiger partial charge in [0.15, 0.2) is 0 Å². The Morgan fingerprint density at radius 1 is 0.864 bits per heavy atom. The van der Waals surface area contributed by atoms with Crippen molar-refractivity contribution in [3.63, 3.8) is 0 Å². The third kappa shape index (κ3) is 4.86. The fraction of sp³-hybridized carbons (Fsp3) is 0.333. The average molecular weight is 331 g/mol. The van der Waals surface area contributed by atoms with Crippen LogP contribution in [-0.2, 0) is 4.74 Å². The lowest BCUT2D eigenvalue weighted by Crippen LogP contribution is -2.51. The van der Waals surface area contributed by atoms with Gasteiger partial charge in [0, 0.05) is 12.6 Å². The van der Waals surface area contributed by atoms with Crippen molar-refractivity contribution in [3.8, 4) is 0 Å². The monoisotopic (exact) mass is 331 g/mol. The topological polar surface area (TPSA) is 21.3 Å². The first-order chi connectivity index (χ1) is 10.9. The molecule has 1 saturated heterocycles. The number of ether oxygens (including phenoxy) is 1. The van der Waals surface area contributed by atoms with Gasteiger partial charge in [-0.3, -0.25) is 0 Å². The lowest BCUT2D eigenvalue weighted by molar-refractivity contribution is 0.0175. The second-order valence-corrected chi connectivity index (χ2v) is 8.14. The number of morpholine rings is 1. The van der Waals surface area contributed by atoms with Crippen LogP contribution in [0.15, 0.2) is 60.7 Å². The van der Waals surface area contributed by atoms with Crippen LogP contribution < -0.4 is 15.9 Å². The third-order valence-electron chi connectivity index (χ3n) is 3.87. The standard InChI is InChI=1S/C18H23NOP2/c1-3-7-15(8-4-1)21-13-17-18(20-12-11-19-17)14-22-16-9-5-2-6-10-16/h1-10,17-19,21-22H,11-14H2. The lowest BCUT2D eigenvalue weighted by Gasteiger charge is -2.33. The molecule has 2 aromatic rings. The van der Waals surface area contributed by atoms with Crippen LogP contribution in [0.1, 0.15) is 0 Å². The number of rotatable bonds is 6. The van der Waals surface area contributed by atoms with Crippen molar-refractivity contribution in [3.05, 3.63) is 60.7 Å². The second-order valence-electron chi connectivity index (χ2n) is 5.46. The second kappa shape index (κ2) is 8.75. The number of benzene rings is 2. The molecule has 0 amide bonds. The molecule has 2 aromatic carbocycles. The van der Waals surface area contributed by atoms with Crippen LogP contribution in [0.5, 0.6) is 0 Å². The summed E-state index contributed by atoms with van der Waals surface area (Å²) in [5.74, 6) is 0. The Bertz CT molecular complexity index is 498. The van der Waals surface area contributed by atoms with Gasteiger partial charge in [0.2, 0.25) is 0 Å². The molecular weight excluding hydrogens is 308 g/mol. The molecule has 0 spiro atoms. The molecule has 0 saturated carbocycles. The van der Waals surface area contributed by atoms with E-state index in [-0.39, 0.29) is 0 Å². The van der Waals surface area contributed by atoms with Crippen LogP contribution in [0, 0.1) is 0 Å². The normalized spacial score (nSPS) is 22.7. The summed E-state index contributed by atoms with van der Waals surface area (Å²) in [5, 5.41) is 6.54. The Hall–Kier alpha value is -0.780. The van der Waals surface area contributed by atoms with Crippen LogP contribution in [-0.4, -0.2) is 37.6 Å². The molecule has 0 aromatic heterocycles. The molecule has 116 valence electrons. The average Bonchev–Trinajstić information content (AvgIpc) is 2.61. The highest BCUT2D eigenvalue weighted by atomic mass is 31.1. The summed E-state index contributed by atoms with van der Waals surface area (Å²) in [4.78, 5) is 0. The van der Waals surface area contributed by atoms with Crippen molar-refractivity contribution < 1.29 is 4.74 Å². The van der Waals surface area contributed by atoms with E-state index in [0.29, 0.717) is 12.1 Å². The van der Waals surface area contributed by atoms with E-state index in [1.807, 2.05) is 0 Å². The molecule has 4 heteroatoms. The smallest absolute Gasteiger partial charge is 0.0771 e. The molecule has 0 radical (unpaired) electrons. The van der Waals surface area contributed by atoms with E-state index in [9.17, 15) is 0 Å². The van der Waals surface area contributed by atoms with Gasteiger partial charge in [0.1, 0.15) is 0 Å². The van der Waals surface area contributed by atoms with Gasteiger partial charge < -0.3 is 10.1 Å². The molecule has 0 bridgehead atoms. The summed E-state index contributed by atoms with van der Waals surface area (Å²) in [6, 6.07) is 22.0. The number of hydrogen-bond acceptors (Lipinski definition) is 2. The predicted molar refractivity (Wildman–Crippen MR) is 100 cm³/mol. The Kier molecular flexibility index (Phi) is 6.40. The minimum absolute atomic E-state index is 0.350. The Labute approximate surface area is 136 Å². The highest BCUT2D eigenvalue weighted by molar-refractivity contribution is 7.47. The first-order valence-corrected chi connectivity index (χ1v) is 10.3. The van der Waals surface area contributed by atoms with Crippen molar-refractivity contribution in [1.29, 1.82) is 0 Å². The van der Waals surface area contributed by atoms with E-state index in [4.69, 9.17) is 4.74 Å². The van der Waals surface area contributed by atoms with E-state index in [1.54, 1.807) is 0 Å². The fourth-order valence-corrected chi connectivity index (χ4v) is 5.22. The summed E-state index contributed by atoms with van der Waals surface area (Å²) < 4.78 is 6.05. The number of nitrogens with one attached hydrogen (secondary N) is 1. The maximum atomic E-state index is 6.05. The minimum atomic E-state index is 0.350. The molecule has 3 rings (SSSR count). The summed E-state index contributed by atoms with van der Waals surface area (Å²) >= 11 is 0. The molecule has 4 unspecified atom stereocenters. The zero-order chi connectivity index (χ0) is 15.0. The van der Waals surface area contributed by atoms with E-state index in [0.717, 1.165) is 36.5 Å². The summed E-state index contributed by atoms with van der Waals surface area (Å²) in [7, 11) is 1.68. The molecule has 2 nitrogen and oxygen atoms in total. The van der Waals surface area contributed by atoms with E-state index >= 15 is 0 Å². The van der Waals surface area contributed by atoms with Crippen LogP contribution in [0.4, 0.5) is 0 Å². The van der Waals surface area contributed by atoms with E-state index < -0.39 is 0 Å². The van der Waals surface area contributed by atoms with Gasteiger partial charge in [-0.15, -0.1) is 0 Å². The van der Waals surface area contributed by atoms with Crippen molar-refractivity contribution in [2.45, 2.75) is 12.1 Å². The Morgan fingerprint density at radius 2 is 1.45 bits per heavy atom. The van der Waals surface area contributed by atoms with Gasteiger partial charge >= 0.3 is 0 Å². The highest BCUT2D eigenvalue weighted by Gasteiger charge is 2.25. The SMILES string of the molecule is c1ccc(PCC2NCCOC2CPc2ccccc2)cc1. The van der Waals surface area contributed by atoms with Gasteiger partial charge in [0.25, 0.3) is 0 Å². The van der Waals surface area contributed by atoms with Crippen molar-refractivity contribution >= 4 is 27.8 Å². The maximum Gasteiger partial charge on any atom is 0.0771 e. The lowest BCUT2D eigenvalue weighted by atomic mass is 10.2. The van der Waals surface area contributed by atoms with Crippen LogP contribution in [0.3, 0.4) is 0 Å². The number of hydrogen-bond donors (Lipinski definition) is 1. The van der Waals surface area contributed by atoms with Gasteiger partial charge in [-0.25, -0.2) is 0 Å². The summed E-state index contributed by atoms with van der Waals surface area (Å²) in [5.41, 5.74) is 0. The van der Waals surface area contributed by atoms with Gasteiger partial charge in [0.05, 0.1) is 12.7 Å². The Morgan fingerprint density at radius 3 is 2.09 bits per heavy atom. The highest BCUT2D eigenvalue weighted by Crippen LogP contribution is 2.21. The predicted octanol–water partition coefficient (Wildman–Crippen LogP) is 2.35. The van der Waals surface area contributed by atoms with Crippen molar-refractivity contribution in [1.82, 2.24) is 5.32 Å². The largest absolute Gasteiger partial charge is 0.375 e. The molecule has 1 heterocycles. The van der Waals surface area contributed by atoms with Crippen LogP contribution in [0.2, 0.25) is 0 Å². The minimum Gasteiger partial charge on any atom is -0.375 e. The molecular formula is C18H23NOP2.